The average molecular weight is 272 g/mol. The number of nitrogens with one attached hydrogen (secondary N) is 1. The number of amides is 1. The Morgan fingerprint density at radius 2 is 2.39 bits per heavy atom. The van der Waals surface area contributed by atoms with Crippen LogP contribution in [0.5, 0.6) is 0 Å². The smallest absolute Gasteiger partial charge is 0.224 e. The van der Waals surface area contributed by atoms with Gasteiger partial charge in [0.05, 0.1) is 11.8 Å². The van der Waals surface area contributed by atoms with Crippen molar-refractivity contribution in [3.05, 3.63) is 29.0 Å². The van der Waals surface area contributed by atoms with Gasteiger partial charge in [-0.05, 0) is 37.5 Å². The summed E-state index contributed by atoms with van der Waals surface area (Å²) in [6.07, 6.45) is 3.22. The molecule has 1 aromatic rings. The molecule has 5 heteroatoms. The third-order valence-electron chi connectivity index (χ3n) is 2.92. The molecule has 1 amide bonds. The molecule has 1 heterocycles. The van der Waals surface area contributed by atoms with Gasteiger partial charge in [-0.2, -0.15) is 0 Å². The molecule has 1 N–H and O–H groups in total. The van der Waals surface area contributed by atoms with Crippen LogP contribution in [-0.2, 0) is 9.53 Å². The van der Waals surface area contributed by atoms with E-state index in [0.29, 0.717) is 17.9 Å². The van der Waals surface area contributed by atoms with Crippen molar-refractivity contribution >= 4 is 23.2 Å². The van der Waals surface area contributed by atoms with E-state index in [0.717, 1.165) is 19.4 Å². The molecule has 98 valence electrons. The molecule has 1 aromatic carbocycles. The summed E-state index contributed by atoms with van der Waals surface area (Å²) in [6, 6.07) is 4.08. The number of ether oxygens (including phenoxy) is 1. The zero-order chi connectivity index (χ0) is 13.0. The largest absolute Gasteiger partial charge is 0.378 e. The predicted octanol–water partition coefficient (Wildman–Crippen LogP) is 3.38. The minimum absolute atomic E-state index is 0.125. The lowest BCUT2D eigenvalue weighted by Crippen LogP contribution is -2.15. The Kier molecular flexibility index (Phi) is 4.55. The third kappa shape index (κ3) is 3.68. The molecular weight excluding hydrogens is 257 g/mol. The van der Waals surface area contributed by atoms with E-state index in [4.69, 9.17) is 16.3 Å². The number of rotatable bonds is 4. The molecule has 2 rings (SSSR count). The first-order valence-corrected chi connectivity index (χ1v) is 6.39. The Hall–Kier alpha value is -1.13. The SMILES string of the molecule is O=C(CC[C@@H]1CCCO1)Nc1cc(Cl)ccc1F. The molecule has 0 spiro atoms. The normalized spacial score (nSPS) is 18.9. The van der Waals surface area contributed by atoms with Crippen LogP contribution in [0, 0.1) is 5.82 Å². The fourth-order valence-electron chi connectivity index (χ4n) is 1.97. The van der Waals surface area contributed by atoms with E-state index in [2.05, 4.69) is 5.32 Å². The number of carbonyl (C=O) groups is 1. The maximum Gasteiger partial charge on any atom is 0.224 e. The maximum absolute atomic E-state index is 13.4. The zero-order valence-corrected chi connectivity index (χ0v) is 10.7. The van der Waals surface area contributed by atoms with Crippen molar-refractivity contribution < 1.29 is 13.9 Å². The molecule has 0 aliphatic carbocycles. The highest BCUT2D eigenvalue weighted by molar-refractivity contribution is 6.30. The number of halogens is 2. The minimum atomic E-state index is -0.482. The first kappa shape index (κ1) is 13.3. The molecule has 0 saturated carbocycles. The number of benzene rings is 1. The van der Waals surface area contributed by atoms with Crippen LogP contribution in [0.1, 0.15) is 25.7 Å². The molecule has 0 bridgehead atoms. The highest BCUT2D eigenvalue weighted by Crippen LogP contribution is 2.21. The van der Waals surface area contributed by atoms with Gasteiger partial charge in [-0.3, -0.25) is 4.79 Å². The van der Waals surface area contributed by atoms with Gasteiger partial charge < -0.3 is 10.1 Å². The Morgan fingerprint density at radius 1 is 1.56 bits per heavy atom. The van der Waals surface area contributed by atoms with Crippen molar-refractivity contribution in [2.75, 3.05) is 11.9 Å². The molecule has 1 aliphatic heterocycles. The van der Waals surface area contributed by atoms with Gasteiger partial charge in [0, 0.05) is 18.1 Å². The molecular formula is C13H15ClFNO2. The summed E-state index contributed by atoms with van der Waals surface area (Å²) in [7, 11) is 0. The fraction of sp³-hybridized carbons (Fsp3) is 0.462. The molecule has 18 heavy (non-hydrogen) atoms. The van der Waals surface area contributed by atoms with Crippen LogP contribution in [0.2, 0.25) is 5.02 Å². The van der Waals surface area contributed by atoms with Gasteiger partial charge in [0.1, 0.15) is 5.82 Å². The van der Waals surface area contributed by atoms with E-state index in [1.807, 2.05) is 0 Å². The number of hydrogen-bond donors (Lipinski definition) is 1. The van der Waals surface area contributed by atoms with E-state index >= 15 is 0 Å². The summed E-state index contributed by atoms with van der Waals surface area (Å²) < 4.78 is 18.8. The van der Waals surface area contributed by atoms with Crippen molar-refractivity contribution in [3.8, 4) is 0 Å². The molecule has 1 atom stereocenters. The summed E-state index contributed by atoms with van der Waals surface area (Å²) in [5.74, 6) is -0.698. The van der Waals surface area contributed by atoms with E-state index in [-0.39, 0.29) is 17.7 Å². The summed E-state index contributed by atoms with van der Waals surface area (Å²) in [5, 5.41) is 2.92. The first-order valence-electron chi connectivity index (χ1n) is 6.01. The van der Waals surface area contributed by atoms with Gasteiger partial charge in [0.2, 0.25) is 5.91 Å². The van der Waals surface area contributed by atoms with E-state index in [9.17, 15) is 9.18 Å². The average Bonchev–Trinajstić information content (AvgIpc) is 2.84. The van der Waals surface area contributed by atoms with Crippen molar-refractivity contribution in [2.45, 2.75) is 31.8 Å². The van der Waals surface area contributed by atoms with Crippen LogP contribution < -0.4 is 5.32 Å². The maximum atomic E-state index is 13.4. The van der Waals surface area contributed by atoms with Crippen LogP contribution in [0.25, 0.3) is 0 Å². The third-order valence-corrected chi connectivity index (χ3v) is 3.15. The zero-order valence-electron chi connectivity index (χ0n) is 9.92. The second-order valence-electron chi connectivity index (χ2n) is 4.35. The van der Waals surface area contributed by atoms with E-state index < -0.39 is 5.82 Å². The Labute approximate surface area is 110 Å². The van der Waals surface area contributed by atoms with Gasteiger partial charge in [-0.15, -0.1) is 0 Å². The number of hydrogen-bond acceptors (Lipinski definition) is 2. The highest BCUT2D eigenvalue weighted by atomic mass is 35.5. The Morgan fingerprint density at radius 3 is 3.11 bits per heavy atom. The molecule has 0 radical (unpaired) electrons. The van der Waals surface area contributed by atoms with Crippen LogP contribution in [0.15, 0.2) is 18.2 Å². The lowest BCUT2D eigenvalue weighted by Gasteiger charge is -2.10. The quantitative estimate of drug-likeness (QED) is 0.912. The minimum Gasteiger partial charge on any atom is -0.378 e. The molecule has 1 fully saturated rings. The summed E-state index contributed by atoms with van der Waals surface area (Å²) in [6.45, 7) is 0.773. The lowest BCUT2D eigenvalue weighted by molar-refractivity contribution is -0.116. The van der Waals surface area contributed by atoms with Crippen LogP contribution in [-0.4, -0.2) is 18.6 Å². The van der Waals surface area contributed by atoms with Gasteiger partial charge in [0.25, 0.3) is 0 Å². The summed E-state index contributed by atoms with van der Waals surface area (Å²) in [5.41, 5.74) is 0.125. The van der Waals surface area contributed by atoms with E-state index in [1.54, 1.807) is 0 Å². The van der Waals surface area contributed by atoms with Crippen molar-refractivity contribution in [3.63, 3.8) is 0 Å². The topological polar surface area (TPSA) is 38.3 Å². The predicted molar refractivity (Wildman–Crippen MR) is 68.2 cm³/mol. The van der Waals surface area contributed by atoms with Gasteiger partial charge in [-0.25, -0.2) is 4.39 Å². The molecule has 1 aliphatic rings. The van der Waals surface area contributed by atoms with E-state index in [1.165, 1.54) is 18.2 Å². The Bertz CT molecular complexity index is 433. The van der Waals surface area contributed by atoms with Gasteiger partial charge in [0.15, 0.2) is 0 Å². The molecule has 0 unspecified atom stereocenters. The van der Waals surface area contributed by atoms with Gasteiger partial charge >= 0.3 is 0 Å². The molecule has 3 nitrogen and oxygen atoms in total. The fourth-order valence-corrected chi connectivity index (χ4v) is 2.14. The standard InChI is InChI=1S/C13H15ClFNO2/c14-9-3-5-11(15)12(8-9)16-13(17)6-4-10-2-1-7-18-10/h3,5,8,10H,1-2,4,6-7H2,(H,16,17)/t10-/m0/s1. The Balaban J connectivity index is 1.84. The second-order valence-corrected chi connectivity index (χ2v) is 4.78. The first-order chi connectivity index (χ1) is 8.65. The monoisotopic (exact) mass is 271 g/mol. The van der Waals surface area contributed by atoms with Crippen LogP contribution in [0.3, 0.4) is 0 Å². The van der Waals surface area contributed by atoms with Crippen molar-refractivity contribution in [1.82, 2.24) is 0 Å². The van der Waals surface area contributed by atoms with Crippen LogP contribution in [0.4, 0.5) is 10.1 Å². The number of carbonyl (C=O) groups excluding carboxylic acids is 1. The summed E-state index contributed by atoms with van der Waals surface area (Å²) in [4.78, 5) is 11.7. The lowest BCUT2D eigenvalue weighted by atomic mass is 10.1. The summed E-state index contributed by atoms with van der Waals surface area (Å²) >= 11 is 5.74. The number of anilines is 1. The van der Waals surface area contributed by atoms with Crippen molar-refractivity contribution in [1.29, 1.82) is 0 Å². The second kappa shape index (κ2) is 6.16. The highest BCUT2D eigenvalue weighted by Gasteiger charge is 2.17. The van der Waals surface area contributed by atoms with Gasteiger partial charge in [-0.1, -0.05) is 11.6 Å². The van der Waals surface area contributed by atoms with Crippen molar-refractivity contribution in [2.24, 2.45) is 0 Å². The molecule has 1 saturated heterocycles. The molecule has 0 aromatic heterocycles. The van der Waals surface area contributed by atoms with Crippen LogP contribution >= 0.6 is 11.6 Å².